The van der Waals surface area contributed by atoms with Gasteiger partial charge in [0.25, 0.3) is 0 Å². The van der Waals surface area contributed by atoms with Crippen LogP contribution >= 0.6 is 0 Å². The molecule has 23 heavy (non-hydrogen) atoms. The molecule has 0 saturated heterocycles. The molecule has 1 aliphatic rings. The van der Waals surface area contributed by atoms with Crippen LogP contribution < -0.4 is 0 Å². The summed E-state index contributed by atoms with van der Waals surface area (Å²) in [5.41, 5.74) is 3.17. The molecule has 3 aromatic rings. The van der Waals surface area contributed by atoms with Crippen molar-refractivity contribution >= 4 is 20.8 Å². The highest BCUT2D eigenvalue weighted by Gasteiger charge is 2.30. The van der Waals surface area contributed by atoms with Crippen LogP contribution in [0.15, 0.2) is 59.8 Å². The van der Waals surface area contributed by atoms with E-state index in [0.29, 0.717) is 18.0 Å². The van der Waals surface area contributed by atoms with E-state index >= 15 is 0 Å². The quantitative estimate of drug-likeness (QED) is 0.727. The molecule has 1 aliphatic heterocycles. The van der Waals surface area contributed by atoms with Crippen molar-refractivity contribution in [2.24, 2.45) is 0 Å². The van der Waals surface area contributed by atoms with E-state index in [2.05, 4.69) is 11.1 Å². The van der Waals surface area contributed by atoms with Crippen LogP contribution in [0.25, 0.3) is 10.8 Å². The monoisotopic (exact) mass is 324 g/mol. The first-order chi connectivity index (χ1) is 11.0. The molecular formula is C18H16N2O2S. The molecule has 0 unspecified atom stereocenters. The highest BCUT2D eigenvalue weighted by atomic mass is 32.2. The predicted molar refractivity (Wildman–Crippen MR) is 89.4 cm³/mol. The van der Waals surface area contributed by atoms with Crippen LogP contribution in [0.1, 0.15) is 16.7 Å². The molecule has 0 atom stereocenters. The Kier molecular flexibility index (Phi) is 3.21. The standard InChI is InChI=1S/C18H16N2O2S/c1-13-2-4-18(5-3-13)23(21,22)20-11-16-8-14-6-7-19-10-15(14)9-17(16)12-20/h2-10H,11-12H2,1H3. The van der Waals surface area contributed by atoms with E-state index in [1.165, 1.54) is 4.31 Å². The third kappa shape index (κ3) is 2.42. The normalized spacial score (nSPS) is 15.0. The van der Waals surface area contributed by atoms with E-state index in [0.717, 1.165) is 27.5 Å². The Morgan fingerprint density at radius 1 is 0.957 bits per heavy atom. The Bertz CT molecular complexity index is 951. The van der Waals surface area contributed by atoms with Crippen molar-refractivity contribution in [3.05, 3.63) is 71.5 Å². The fraction of sp³-hybridized carbons (Fsp3) is 0.167. The lowest BCUT2D eigenvalue weighted by Crippen LogP contribution is -2.25. The fourth-order valence-electron chi connectivity index (χ4n) is 2.99. The van der Waals surface area contributed by atoms with Gasteiger partial charge >= 0.3 is 0 Å². The smallest absolute Gasteiger partial charge is 0.243 e. The summed E-state index contributed by atoms with van der Waals surface area (Å²) in [6, 6.07) is 13.1. The third-order valence-corrected chi connectivity index (χ3v) is 6.12. The lowest BCUT2D eigenvalue weighted by atomic mass is 10.1. The first-order valence-electron chi connectivity index (χ1n) is 7.46. The van der Waals surface area contributed by atoms with E-state index in [1.54, 1.807) is 18.3 Å². The van der Waals surface area contributed by atoms with Gasteiger partial charge in [-0.05, 0) is 53.8 Å². The average molecular weight is 324 g/mol. The second-order valence-corrected chi connectivity index (χ2v) is 7.87. The van der Waals surface area contributed by atoms with Gasteiger partial charge in [-0.25, -0.2) is 8.42 Å². The summed E-state index contributed by atoms with van der Waals surface area (Å²) in [5.74, 6) is 0. The second kappa shape index (κ2) is 5.15. The van der Waals surface area contributed by atoms with Crippen molar-refractivity contribution in [2.75, 3.05) is 0 Å². The second-order valence-electron chi connectivity index (χ2n) is 5.93. The minimum absolute atomic E-state index is 0.349. The molecule has 2 aromatic carbocycles. The minimum Gasteiger partial charge on any atom is -0.264 e. The molecule has 0 fully saturated rings. The number of sulfonamides is 1. The zero-order valence-electron chi connectivity index (χ0n) is 12.7. The maximum absolute atomic E-state index is 12.8. The molecule has 2 heterocycles. The van der Waals surface area contributed by atoms with Crippen molar-refractivity contribution in [3.8, 4) is 0 Å². The van der Waals surface area contributed by atoms with Crippen molar-refractivity contribution in [1.82, 2.24) is 9.29 Å². The van der Waals surface area contributed by atoms with Crippen LogP contribution in [-0.4, -0.2) is 17.7 Å². The fourth-order valence-corrected chi connectivity index (χ4v) is 4.39. The Morgan fingerprint density at radius 2 is 1.61 bits per heavy atom. The Labute approximate surface area is 135 Å². The number of benzene rings is 2. The van der Waals surface area contributed by atoms with Crippen LogP contribution in [-0.2, 0) is 23.1 Å². The number of aryl methyl sites for hydroxylation is 1. The lowest BCUT2D eigenvalue weighted by Gasteiger charge is -2.15. The maximum atomic E-state index is 12.8. The van der Waals surface area contributed by atoms with Gasteiger partial charge in [-0.1, -0.05) is 17.7 Å². The molecule has 0 spiro atoms. The van der Waals surface area contributed by atoms with Gasteiger partial charge in [0.05, 0.1) is 4.90 Å². The molecule has 0 aliphatic carbocycles. The molecule has 1 aromatic heterocycles. The highest BCUT2D eigenvalue weighted by Crippen LogP contribution is 2.31. The zero-order chi connectivity index (χ0) is 16.0. The highest BCUT2D eigenvalue weighted by molar-refractivity contribution is 7.89. The number of rotatable bonds is 2. The van der Waals surface area contributed by atoms with Gasteiger partial charge in [-0.3, -0.25) is 4.98 Å². The van der Waals surface area contributed by atoms with Crippen molar-refractivity contribution in [1.29, 1.82) is 0 Å². The number of hydrogen-bond acceptors (Lipinski definition) is 3. The predicted octanol–water partition coefficient (Wildman–Crippen LogP) is 3.25. The first-order valence-corrected chi connectivity index (χ1v) is 8.90. The Balaban J connectivity index is 1.72. The van der Waals surface area contributed by atoms with Crippen LogP contribution in [0.3, 0.4) is 0 Å². The van der Waals surface area contributed by atoms with Gasteiger partial charge in [0.15, 0.2) is 0 Å². The molecule has 0 N–H and O–H groups in total. The van der Waals surface area contributed by atoms with Crippen LogP contribution in [0.5, 0.6) is 0 Å². The van der Waals surface area contributed by atoms with E-state index < -0.39 is 10.0 Å². The number of hydrogen-bond donors (Lipinski definition) is 0. The summed E-state index contributed by atoms with van der Waals surface area (Å²) < 4.78 is 27.2. The Morgan fingerprint density at radius 3 is 2.30 bits per heavy atom. The molecule has 5 heteroatoms. The van der Waals surface area contributed by atoms with Crippen molar-refractivity contribution in [2.45, 2.75) is 24.9 Å². The Hall–Kier alpha value is -2.24. The third-order valence-electron chi connectivity index (χ3n) is 4.31. The van der Waals surface area contributed by atoms with E-state index in [1.807, 2.05) is 37.4 Å². The van der Waals surface area contributed by atoms with Gasteiger partial charge in [-0.15, -0.1) is 0 Å². The van der Waals surface area contributed by atoms with Crippen LogP contribution in [0.2, 0.25) is 0 Å². The summed E-state index contributed by atoms with van der Waals surface area (Å²) >= 11 is 0. The summed E-state index contributed by atoms with van der Waals surface area (Å²) in [5, 5.41) is 2.13. The van der Waals surface area contributed by atoms with Gasteiger partial charge < -0.3 is 0 Å². The van der Waals surface area contributed by atoms with Gasteiger partial charge in [0.2, 0.25) is 10.0 Å². The van der Waals surface area contributed by atoms with E-state index in [4.69, 9.17) is 0 Å². The molecule has 0 bridgehead atoms. The largest absolute Gasteiger partial charge is 0.264 e. The molecule has 4 rings (SSSR count). The molecular weight excluding hydrogens is 308 g/mol. The summed E-state index contributed by atoms with van der Waals surface area (Å²) in [4.78, 5) is 4.48. The van der Waals surface area contributed by atoms with E-state index in [-0.39, 0.29) is 0 Å². The number of aromatic nitrogens is 1. The van der Waals surface area contributed by atoms with Gasteiger partial charge in [0, 0.05) is 30.9 Å². The summed E-state index contributed by atoms with van der Waals surface area (Å²) in [7, 11) is -3.46. The molecule has 4 nitrogen and oxygen atoms in total. The topological polar surface area (TPSA) is 50.3 Å². The minimum atomic E-state index is -3.46. The SMILES string of the molecule is Cc1ccc(S(=O)(=O)N2Cc3cc4ccncc4cc3C2)cc1. The van der Waals surface area contributed by atoms with Crippen LogP contribution in [0.4, 0.5) is 0 Å². The van der Waals surface area contributed by atoms with Crippen molar-refractivity contribution < 1.29 is 8.42 Å². The first kappa shape index (κ1) is 14.4. The van der Waals surface area contributed by atoms with Crippen molar-refractivity contribution in [3.63, 3.8) is 0 Å². The van der Waals surface area contributed by atoms with Gasteiger partial charge in [-0.2, -0.15) is 4.31 Å². The number of nitrogens with zero attached hydrogens (tertiary/aromatic N) is 2. The van der Waals surface area contributed by atoms with Crippen LogP contribution in [0, 0.1) is 6.92 Å². The number of fused-ring (bicyclic) bond motifs is 2. The number of pyridine rings is 1. The van der Waals surface area contributed by atoms with Gasteiger partial charge in [0.1, 0.15) is 0 Å². The molecule has 0 radical (unpaired) electrons. The molecule has 116 valence electrons. The maximum Gasteiger partial charge on any atom is 0.243 e. The van der Waals surface area contributed by atoms with E-state index in [9.17, 15) is 8.42 Å². The summed E-state index contributed by atoms with van der Waals surface area (Å²) in [6.45, 7) is 2.78. The molecule has 0 amide bonds. The lowest BCUT2D eigenvalue weighted by molar-refractivity contribution is 0.431. The average Bonchev–Trinajstić information content (AvgIpc) is 2.96. The summed E-state index contributed by atoms with van der Waals surface area (Å²) in [6.07, 6.45) is 3.57. The zero-order valence-corrected chi connectivity index (χ0v) is 13.5. The molecule has 0 saturated carbocycles.